The minimum Gasteiger partial charge on any atom is -0.313 e. The van der Waals surface area contributed by atoms with Gasteiger partial charge in [-0.2, -0.15) is 0 Å². The fourth-order valence-corrected chi connectivity index (χ4v) is 4.19. The Bertz CT molecular complexity index is 269. The van der Waals surface area contributed by atoms with E-state index in [1.807, 2.05) is 0 Å². The van der Waals surface area contributed by atoms with Crippen LogP contribution in [0.25, 0.3) is 0 Å². The van der Waals surface area contributed by atoms with E-state index in [4.69, 9.17) is 0 Å². The molecule has 20 heavy (non-hydrogen) atoms. The zero-order valence-electron chi connectivity index (χ0n) is 13.9. The molecule has 2 rings (SSSR count). The maximum Gasteiger partial charge on any atom is 0.0249 e. The normalized spacial score (nSPS) is 33.9. The lowest BCUT2D eigenvalue weighted by molar-refractivity contribution is 0.0703. The second-order valence-corrected chi connectivity index (χ2v) is 6.95. The summed E-state index contributed by atoms with van der Waals surface area (Å²) in [5.74, 6) is 0. The highest BCUT2D eigenvalue weighted by atomic mass is 15.2. The number of nitrogens with zero attached hydrogens (tertiary/aromatic N) is 2. The van der Waals surface area contributed by atoms with Crippen LogP contribution in [-0.2, 0) is 0 Å². The van der Waals surface area contributed by atoms with E-state index in [9.17, 15) is 0 Å². The predicted octanol–water partition coefficient (Wildman–Crippen LogP) is 2.71. The lowest BCUT2D eigenvalue weighted by Gasteiger charge is -2.44. The fraction of sp³-hybridized carbons (Fsp3) is 1.00. The summed E-state index contributed by atoms with van der Waals surface area (Å²) in [6, 6.07) is 2.21. The molecule has 1 heterocycles. The summed E-state index contributed by atoms with van der Waals surface area (Å²) < 4.78 is 0. The van der Waals surface area contributed by atoms with Crippen LogP contribution < -0.4 is 5.32 Å². The number of piperidine rings is 1. The molecule has 0 aromatic heterocycles. The first kappa shape index (κ1) is 16.3. The van der Waals surface area contributed by atoms with Gasteiger partial charge >= 0.3 is 0 Å². The number of likely N-dealkylation sites (N-methyl/N-ethyl adjacent to an activating group) is 3. The molecular formula is C17H35N3. The van der Waals surface area contributed by atoms with Gasteiger partial charge in [-0.15, -0.1) is 0 Å². The number of likely N-dealkylation sites (tertiary alicyclic amines) is 1. The van der Waals surface area contributed by atoms with Crippen LogP contribution in [0, 0.1) is 0 Å². The molecule has 2 fully saturated rings. The Morgan fingerprint density at radius 3 is 2.50 bits per heavy atom. The van der Waals surface area contributed by atoms with E-state index >= 15 is 0 Å². The monoisotopic (exact) mass is 281 g/mol. The van der Waals surface area contributed by atoms with Gasteiger partial charge in [-0.3, -0.25) is 4.90 Å². The van der Waals surface area contributed by atoms with Gasteiger partial charge in [-0.25, -0.2) is 0 Å². The smallest absolute Gasteiger partial charge is 0.0249 e. The number of nitrogens with one attached hydrogen (secondary N) is 1. The van der Waals surface area contributed by atoms with E-state index in [1.165, 1.54) is 64.5 Å². The Morgan fingerprint density at radius 1 is 1.05 bits per heavy atom. The minimum absolute atomic E-state index is 0.706. The third kappa shape index (κ3) is 4.44. The van der Waals surface area contributed by atoms with Crippen molar-refractivity contribution < 1.29 is 0 Å². The topological polar surface area (TPSA) is 18.5 Å². The summed E-state index contributed by atoms with van der Waals surface area (Å²) in [5, 5.41) is 3.78. The number of rotatable bonds is 4. The summed E-state index contributed by atoms with van der Waals surface area (Å²) in [6.45, 7) is 5.90. The first-order valence-corrected chi connectivity index (χ1v) is 8.86. The summed E-state index contributed by atoms with van der Waals surface area (Å²) in [7, 11) is 4.67. The van der Waals surface area contributed by atoms with Crippen molar-refractivity contribution in [1.82, 2.24) is 15.1 Å². The third-order valence-electron chi connectivity index (χ3n) is 5.39. The van der Waals surface area contributed by atoms with Crippen LogP contribution in [0.4, 0.5) is 0 Å². The van der Waals surface area contributed by atoms with Crippen molar-refractivity contribution in [3.8, 4) is 0 Å². The molecule has 0 spiro atoms. The molecule has 1 N–H and O–H groups in total. The van der Waals surface area contributed by atoms with Crippen LogP contribution in [-0.4, -0.2) is 61.7 Å². The SMILES string of the molecule is CCNC1CCCCCCC1N(C)C1CCCN(C)C1. The lowest BCUT2D eigenvalue weighted by Crippen LogP contribution is -2.55. The summed E-state index contributed by atoms with van der Waals surface area (Å²) in [4.78, 5) is 5.24. The van der Waals surface area contributed by atoms with E-state index in [2.05, 4.69) is 36.1 Å². The molecule has 1 aliphatic heterocycles. The second-order valence-electron chi connectivity index (χ2n) is 6.95. The standard InChI is InChI=1S/C17H35N3/c1-4-18-16-11-7-5-6-8-12-17(16)20(3)15-10-9-13-19(2)14-15/h15-18H,4-14H2,1-3H3. The number of hydrogen-bond acceptors (Lipinski definition) is 3. The van der Waals surface area contributed by atoms with Crippen LogP contribution in [0.15, 0.2) is 0 Å². The zero-order chi connectivity index (χ0) is 14.4. The molecule has 1 saturated heterocycles. The quantitative estimate of drug-likeness (QED) is 0.855. The zero-order valence-corrected chi connectivity index (χ0v) is 13.9. The molecule has 3 heteroatoms. The molecule has 0 aromatic carbocycles. The molecule has 2 aliphatic rings. The Balaban J connectivity index is 1.99. The number of hydrogen-bond donors (Lipinski definition) is 1. The van der Waals surface area contributed by atoms with Gasteiger partial charge in [0.25, 0.3) is 0 Å². The van der Waals surface area contributed by atoms with Gasteiger partial charge in [0.1, 0.15) is 0 Å². The molecule has 1 saturated carbocycles. The molecule has 1 aliphatic carbocycles. The molecule has 0 aromatic rings. The van der Waals surface area contributed by atoms with Gasteiger partial charge < -0.3 is 10.2 Å². The third-order valence-corrected chi connectivity index (χ3v) is 5.39. The molecule has 3 unspecified atom stereocenters. The van der Waals surface area contributed by atoms with E-state index in [0.717, 1.165) is 18.6 Å². The molecule has 3 nitrogen and oxygen atoms in total. The molecule has 118 valence electrons. The first-order valence-electron chi connectivity index (χ1n) is 8.86. The molecule has 0 radical (unpaired) electrons. The van der Waals surface area contributed by atoms with Crippen LogP contribution in [0.1, 0.15) is 58.3 Å². The van der Waals surface area contributed by atoms with Crippen molar-refractivity contribution in [2.45, 2.75) is 76.4 Å². The van der Waals surface area contributed by atoms with Crippen molar-refractivity contribution in [2.75, 3.05) is 33.7 Å². The van der Waals surface area contributed by atoms with Gasteiger partial charge in [-0.05, 0) is 52.9 Å². The van der Waals surface area contributed by atoms with Gasteiger partial charge in [0, 0.05) is 24.7 Å². The largest absolute Gasteiger partial charge is 0.313 e. The van der Waals surface area contributed by atoms with Crippen molar-refractivity contribution in [1.29, 1.82) is 0 Å². The fourth-order valence-electron chi connectivity index (χ4n) is 4.19. The van der Waals surface area contributed by atoms with Crippen LogP contribution in [0.5, 0.6) is 0 Å². The van der Waals surface area contributed by atoms with Crippen molar-refractivity contribution in [3.05, 3.63) is 0 Å². The molecule has 0 bridgehead atoms. The Hall–Kier alpha value is -0.120. The predicted molar refractivity (Wildman–Crippen MR) is 87.2 cm³/mol. The summed E-state index contributed by atoms with van der Waals surface area (Å²) >= 11 is 0. The Kier molecular flexibility index (Phi) is 6.79. The maximum atomic E-state index is 3.78. The lowest BCUT2D eigenvalue weighted by atomic mass is 9.89. The van der Waals surface area contributed by atoms with Crippen LogP contribution >= 0.6 is 0 Å². The summed E-state index contributed by atoms with van der Waals surface area (Å²) in [5.41, 5.74) is 0. The van der Waals surface area contributed by atoms with E-state index in [1.54, 1.807) is 0 Å². The maximum absolute atomic E-state index is 3.78. The van der Waals surface area contributed by atoms with Crippen molar-refractivity contribution in [2.24, 2.45) is 0 Å². The van der Waals surface area contributed by atoms with E-state index in [0.29, 0.717) is 6.04 Å². The average Bonchev–Trinajstić information content (AvgIpc) is 2.42. The Labute approximate surface area is 126 Å². The van der Waals surface area contributed by atoms with Gasteiger partial charge in [0.2, 0.25) is 0 Å². The highest BCUT2D eigenvalue weighted by Crippen LogP contribution is 2.25. The van der Waals surface area contributed by atoms with Crippen LogP contribution in [0.2, 0.25) is 0 Å². The van der Waals surface area contributed by atoms with E-state index in [-0.39, 0.29) is 0 Å². The van der Waals surface area contributed by atoms with Gasteiger partial charge in [0.15, 0.2) is 0 Å². The van der Waals surface area contributed by atoms with Gasteiger partial charge in [0.05, 0.1) is 0 Å². The molecule has 0 amide bonds. The van der Waals surface area contributed by atoms with Crippen molar-refractivity contribution >= 4 is 0 Å². The van der Waals surface area contributed by atoms with E-state index < -0.39 is 0 Å². The Morgan fingerprint density at radius 2 is 1.80 bits per heavy atom. The molecular weight excluding hydrogens is 246 g/mol. The minimum atomic E-state index is 0.706. The van der Waals surface area contributed by atoms with Gasteiger partial charge in [-0.1, -0.05) is 32.6 Å². The van der Waals surface area contributed by atoms with Crippen LogP contribution in [0.3, 0.4) is 0 Å². The average molecular weight is 281 g/mol. The second kappa shape index (κ2) is 8.35. The first-order chi connectivity index (χ1) is 9.72. The van der Waals surface area contributed by atoms with Crippen molar-refractivity contribution in [3.63, 3.8) is 0 Å². The highest BCUT2D eigenvalue weighted by molar-refractivity contribution is 4.89. The highest BCUT2D eigenvalue weighted by Gasteiger charge is 2.31. The summed E-state index contributed by atoms with van der Waals surface area (Å²) in [6.07, 6.45) is 11.2. The molecule has 3 atom stereocenters.